The predicted octanol–water partition coefficient (Wildman–Crippen LogP) is 3.43. The van der Waals surface area contributed by atoms with Crippen molar-refractivity contribution in [2.45, 2.75) is 6.54 Å². The molecule has 2 aromatic rings. The molecular formula is C18H21ClIN3O3. The molecule has 1 heterocycles. The fourth-order valence-corrected chi connectivity index (χ4v) is 2.44. The Morgan fingerprint density at radius 2 is 1.88 bits per heavy atom. The Bertz CT molecular complexity index is 741. The third-order valence-corrected chi connectivity index (χ3v) is 3.86. The molecule has 0 atom stereocenters. The lowest BCUT2D eigenvalue weighted by atomic mass is 10.2. The molecular weight excluding hydrogens is 469 g/mol. The van der Waals surface area contributed by atoms with E-state index in [0.717, 1.165) is 22.1 Å². The zero-order valence-corrected chi connectivity index (χ0v) is 17.4. The van der Waals surface area contributed by atoms with Gasteiger partial charge in [-0.25, -0.2) is 0 Å². The van der Waals surface area contributed by atoms with Gasteiger partial charge in [0.2, 0.25) is 6.79 Å². The van der Waals surface area contributed by atoms with E-state index in [1.807, 2.05) is 42.5 Å². The number of aliphatic imine (C=N–C) groups is 1. The number of hydrogen-bond donors (Lipinski definition) is 2. The highest BCUT2D eigenvalue weighted by Gasteiger charge is 2.13. The zero-order valence-electron chi connectivity index (χ0n) is 14.3. The maximum atomic E-state index is 5.88. The minimum atomic E-state index is 0. The van der Waals surface area contributed by atoms with Crippen LogP contribution in [0.4, 0.5) is 0 Å². The van der Waals surface area contributed by atoms with Crippen LogP contribution in [0.1, 0.15) is 5.56 Å². The number of ether oxygens (including phenoxy) is 3. The van der Waals surface area contributed by atoms with E-state index in [1.165, 1.54) is 0 Å². The summed E-state index contributed by atoms with van der Waals surface area (Å²) in [5.74, 6) is 2.92. The summed E-state index contributed by atoms with van der Waals surface area (Å²) in [5.41, 5.74) is 1.13. The van der Waals surface area contributed by atoms with Crippen molar-refractivity contribution in [1.82, 2.24) is 10.6 Å². The van der Waals surface area contributed by atoms with Gasteiger partial charge in [0.05, 0.1) is 6.54 Å². The maximum Gasteiger partial charge on any atom is 0.231 e. The third-order valence-electron chi connectivity index (χ3n) is 3.60. The molecule has 0 bridgehead atoms. The molecule has 8 heteroatoms. The second-order valence-corrected chi connectivity index (χ2v) is 5.78. The number of nitrogens with one attached hydrogen (secondary N) is 2. The molecule has 0 saturated heterocycles. The first-order valence-electron chi connectivity index (χ1n) is 7.96. The molecule has 1 aliphatic heterocycles. The van der Waals surface area contributed by atoms with Gasteiger partial charge in [0, 0.05) is 24.7 Å². The first kappa shape index (κ1) is 20.4. The van der Waals surface area contributed by atoms with Gasteiger partial charge >= 0.3 is 0 Å². The van der Waals surface area contributed by atoms with Gasteiger partial charge < -0.3 is 24.8 Å². The lowest BCUT2D eigenvalue weighted by Gasteiger charge is -2.13. The molecule has 0 fully saturated rings. The Balaban J connectivity index is 0.00000243. The average molecular weight is 490 g/mol. The number of rotatable bonds is 6. The number of hydrogen-bond acceptors (Lipinski definition) is 4. The Labute approximate surface area is 174 Å². The van der Waals surface area contributed by atoms with E-state index < -0.39 is 0 Å². The molecule has 3 rings (SSSR count). The van der Waals surface area contributed by atoms with Crippen molar-refractivity contribution in [3.05, 3.63) is 53.1 Å². The molecule has 0 aromatic heterocycles. The average Bonchev–Trinajstić information content (AvgIpc) is 3.10. The van der Waals surface area contributed by atoms with Gasteiger partial charge in [-0.1, -0.05) is 23.7 Å². The van der Waals surface area contributed by atoms with Gasteiger partial charge in [0.15, 0.2) is 17.5 Å². The van der Waals surface area contributed by atoms with Crippen LogP contribution in [0.25, 0.3) is 0 Å². The minimum Gasteiger partial charge on any atom is -0.492 e. The van der Waals surface area contributed by atoms with Crippen molar-refractivity contribution in [3.63, 3.8) is 0 Å². The SMILES string of the molecule is CN=C(NCCOc1ccc2c(c1)OCO2)NCc1ccc(Cl)cc1.I. The molecule has 0 aliphatic carbocycles. The molecule has 2 aromatic carbocycles. The van der Waals surface area contributed by atoms with Crippen LogP contribution in [0.3, 0.4) is 0 Å². The molecule has 0 saturated carbocycles. The smallest absolute Gasteiger partial charge is 0.231 e. The molecule has 0 unspecified atom stereocenters. The molecule has 0 amide bonds. The fraction of sp³-hybridized carbons (Fsp3) is 0.278. The van der Waals surface area contributed by atoms with Crippen molar-refractivity contribution in [2.75, 3.05) is 27.0 Å². The normalized spacial score (nSPS) is 12.3. The van der Waals surface area contributed by atoms with Crippen LogP contribution in [-0.4, -0.2) is 33.0 Å². The van der Waals surface area contributed by atoms with E-state index in [9.17, 15) is 0 Å². The number of fused-ring (bicyclic) bond motifs is 1. The zero-order chi connectivity index (χ0) is 17.5. The summed E-state index contributed by atoms with van der Waals surface area (Å²) >= 11 is 5.88. The van der Waals surface area contributed by atoms with Crippen LogP contribution in [0.2, 0.25) is 5.02 Å². The van der Waals surface area contributed by atoms with Crippen LogP contribution in [0.15, 0.2) is 47.5 Å². The van der Waals surface area contributed by atoms with Crippen LogP contribution in [0, 0.1) is 0 Å². The summed E-state index contributed by atoms with van der Waals surface area (Å²) in [7, 11) is 1.73. The molecule has 2 N–H and O–H groups in total. The Kier molecular flexibility index (Phi) is 8.11. The summed E-state index contributed by atoms with van der Waals surface area (Å²) < 4.78 is 16.3. The Morgan fingerprint density at radius 1 is 1.12 bits per heavy atom. The summed E-state index contributed by atoms with van der Waals surface area (Å²) in [5, 5.41) is 7.18. The maximum absolute atomic E-state index is 5.88. The van der Waals surface area contributed by atoms with E-state index in [-0.39, 0.29) is 30.8 Å². The topological polar surface area (TPSA) is 64.1 Å². The summed E-state index contributed by atoms with van der Waals surface area (Å²) in [4.78, 5) is 4.19. The minimum absolute atomic E-state index is 0. The van der Waals surface area contributed by atoms with E-state index in [4.69, 9.17) is 25.8 Å². The highest BCUT2D eigenvalue weighted by molar-refractivity contribution is 14.0. The van der Waals surface area contributed by atoms with Crippen molar-refractivity contribution in [3.8, 4) is 17.2 Å². The second kappa shape index (κ2) is 10.3. The van der Waals surface area contributed by atoms with Gasteiger partial charge in [-0.15, -0.1) is 24.0 Å². The van der Waals surface area contributed by atoms with Crippen LogP contribution in [0.5, 0.6) is 17.2 Å². The van der Waals surface area contributed by atoms with Crippen LogP contribution in [-0.2, 0) is 6.54 Å². The lowest BCUT2D eigenvalue weighted by molar-refractivity contribution is 0.173. The molecule has 0 radical (unpaired) electrons. The molecule has 0 spiro atoms. The lowest BCUT2D eigenvalue weighted by Crippen LogP contribution is -2.38. The van der Waals surface area contributed by atoms with E-state index in [2.05, 4.69) is 15.6 Å². The van der Waals surface area contributed by atoms with Gasteiger partial charge in [0.25, 0.3) is 0 Å². The molecule has 1 aliphatic rings. The molecule has 140 valence electrons. The Hall–Kier alpha value is -1.87. The van der Waals surface area contributed by atoms with Crippen molar-refractivity contribution >= 4 is 41.5 Å². The van der Waals surface area contributed by atoms with Gasteiger partial charge in [-0.3, -0.25) is 4.99 Å². The van der Waals surface area contributed by atoms with Crippen LogP contribution >= 0.6 is 35.6 Å². The van der Waals surface area contributed by atoms with Crippen molar-refractivity contribution < 1.29 is 14.2 Å². The number of halogens is 2. The monoisotopic (exact) mass is 489 g/mol. The number of benzene rings is 2. The largest absolute Gasteiger partial charge is 0.492 e. The quantitative estimate of drug-likeness (QED) is 0.282. The molecule has 6 nitrogen and oxygen atoms in total. The van der Waals surface area contributed by atoms with E-state index >= 15 is 0 Å². The van der Waals surface area contributed by atoms with Crippen LogP contribution < -0.4 is 24.8 Å². The van der Waals surface area contributed by atoms with Gasteiger partial charge in [-0.05, 0) is 29.8 Å². The first-order chi connectivity index (χ1) is 12.2. The molecule has 26 heavy (non-hydrogen) atoms. The number of guanidine groups is 1. The standard InChI is InChI=1S/C18H20ClN3O3.HI/c1-20-18(22-11-13-2-4-14(19)5-3-13)21-8-9-23-15-6-7-16-17(10-15)25-12-24-16;/h2-7,10H,8-9,11-12H2,1H3,(H2,20,21,22);1H. The Morgan fingerprint density at radius 3 is 2.65 bits per heavy atom. The third kappa shape index (κ3) is 5.84. The summed E-state index contributed by atoms with van der Waals surface area (Å²) in [6, 6.07) is 13.2. The second-order valence-electron chi connectivity index (χ2n) is 5.34. The summed E-state index contributed by atoms with van der Waals surface area (Å²) in [6.45, 7) is 2.05. The predicted molar refractivity (Wildman–Crippen MR) is 113 cm³/mol. The van der Waals surface area contributed by atoms with Crippen molar-refractivity contribution in [2.24, 2.45) is 4.99 Å². The highest BCUT2D eigenvalue weighted by Crippen LogP contribution is 2.34. The van der Waals surface area contributed by atoms with Gasteiger partial charge in [0.1, 0.15) is 12.4 Å². The number of nitrogens with zero attached hydrogens (tertiary/aromatic N) is 1. The highest BCUT2D eigenvalue weighted by atomic mass is 127. The van der Waals surface area contributed by atoms with E-state index in [0.29, 0.717) is 31.4 Å². The first-order valence-corrected chi connectivity index (χ1v) is 8.34. The van der Waals surface area contributed by atoms with Gasteiger partial charge in [-0.2, -0.15) is 0 Å². The van der Waals surface area contributed by atoms with Crippen molar-refractivity contribution in [1.29, 1.82) is 0 Å². The fourth-order valence-electron chi connectivity index (χ4n) is 2.31. The summed E-state index contributed by atoms with van der Waals surface area (Å²) in [6.07, 6.45) is 0. The van der Waals surface area contributed by atoms with E-state index in [1.54, 1.807) is 7.05 Å².